The van der Waals surface area contributed by atoms with Crippen molar-refractivity contribution in [3.63, 3.8) is 0 Å². The Balaban J connectivity index is 1.77. The molecule has 1 atom stereocenters. The van der Waals surface area contributed by atoms with Gasteiger partial charge in [0.05, 0.1) is 34.6 Å². The zero-order valence-corrected chi connectivity index (χ0v) is 17.4. The highest BCUT2D eigenvalue weighted by molar-refractivity contribution is 8.03. The van der Waals surface area contributed by atoms with E-state index in [0.717, 1.165) is 11.8 Å². The van der Waals surface area contributed by atoms with E-state index in [2.05, 4.69) is 16.7 Å². The van der Waals surface area contributed by atoms with Crippen LogP contribution in [0.5, 0.6) is 5.75 Å². The van der Waals surface area contributed by atoms with Crippen molar-refractivity contribution in [1.29, 1.82) is 5.26 Å². The van der Waals surface area contributed by atoms with Gasteiger partial charge in [0, 0.05) is 18.0 Å². The highest BCUT2D eigenvalue weighted by Gasteiger charge is 2.30. The maximum absolute atomic E-state index is 13.0. The van der Waals surface area contributed by atoms with E-state index in [9.17, 15) is 19.2 Å². The summed E-state index contributed by atoms with van der Waals surface area (Å²) in [5.41, 5.74) is 1.52. The highest BCUT2D eigenvalue weighted by atomic mass is 35.5. The van der Waals surface area contributed by atoms with Gasteiger partial charge >= 0.3 is 0 Å². The summed E-state index contributed by atoms with van der Waals surface area (Å²) in [6, 6.07) is 12.6. The fourth-order valence-electron chi connectivity index (χ4n) is 2.99. The smallest absolute Gasteiger partial charge is 0.234 e. The van der Waals surface area contributed by atoms with Gasteiger partial charge in [0.2, 0.25) is 11.8 Å². The average Bonchev–Trinajstić information content (AvgIpc) is 2.73. The molecule has 3 rings (SSSR count). The van der Waals surface area contributed by atoms with Crippen LogP contribution in [0.4, 0.5) is 10.1 Å². The Labute approximate surface area is 182 Å². The van der Waals surface area contributed by atoms with Crippen LogP contribution >= 0.6 is 23.4 Å². The summed E-state index contributed by atoms with van der Waals surface area (Å²) < 4.78 is 18.1. The number of anilines is 1. The molecule has 6 nitrogen and oxygen atoms in total. The molecule has 0 radical (unpaired) electrons. The van der Waals surface area contributed by atoms with Crippen molar-refractivity contribution in [2.45, 2.75) is 12.3 Å². The van der Waals surface area contributed by atoms with Gasteiger partial charge in [-0.15, -0.1) is 0 Å². The molecule has 0 fully saturated rings. The largest absolute Gasteiger partial charge is 0.495 e. The summed E-state index contributed by atoms with van der Waals surface area (Å²) in [6.07, 6.45) is 0.0946. The van der Waals surface area contributed by atoms with E-state index in [1.165, 1.54) is 31.4 Å². The summed E-state index contributed by atoms with van der Waals surface area (Å²) in [4.78, 5) is 24.4. The highest BCUT2D eigenvalue weighted by Crippen LogP contribution is 2.38. The minimum absolute atomic E-state index is 0.0335. The van der Waals surface area contributed by atoms with Crippen LogP contribution in [0, 0.1) is 17.1 Å². The molecule has 0 unspecified atom stereocenters. The lowest BCUT2D eigenvalue weighted by atomic mass is 9.87. The monoisotopic (exact) mass is 445 g/mol. The van der Waals surface area contributed by atoms with Crippen LogP contribution in [0.1, 0.15) is 17.9 Å². The fourth-order valence-corrected chi connectivity index (χ4v) is 4.13. The van der Waals surface area contributed by atoms with Gasteiger partial charge in [-0.2, -0.15) is 5.26 Å². The minimum Gasteiger partial charge on any atom is -0.495 e. The molecule has 1 heterocycles. The first-order chi connectivity index (χ1) is 14.4. The number of halogens is 2. The van der Waals surface area contributed by atoms with Gasteiger partial charge in [0.25, 0.3) is 0 Å². The first-order valence-electron chi connectivity index (χ1n) is 8.87. The summed E-state index contributed by atoms with van der Waals surface area (Å²) in [7, 11) is 1.50. The molecule has 0 spiro atoms. The van der Waals surface area contributed by atoms with Crippen molar-refractivity contribution in [3.8, 4) is 11.8 Å². The Morgan fingerprint density at radius 1 is 1.37 bits per heavy atom. The fraction of sp³-hybridized carbons (Fsp3) is 0.190. The van der Waals surface area contributed by atoms with Gasteiger partial charge in [0.1, 0.15) is 11.6 Å². The van der Waals surface area contributed by atoms with Crippen LogP contribution in [0.25, 0.3) is 0 Å². The van der Waals surface area contributed by atoms with Crippen molar-refractivity contribution in [2.24, 2.45) is 0 Å². The Morgan fingerprint density at radius 3 is 2.73 bits per heavy atom. The third kappa shape index (κ3) is 5.12. The number of rotatable bonds is 6. The van der Waals surface area contributed by atoms with Crippen molar-refractivity contribution >= 4 is 40.9 Å². The number of benzene rings is 2. The van der Waals surface area contributed by atoms with E-state index in [1.807, 2.05) is 0 Å². The Morgan fingerprint density at radius 2 is 2.10 bits per heavy atom. The lowest BCUT2D eigenvalue weighted by Crippen LogP contribution is -2.31. The number of nitrogens with one attached hydrogen (secondary N) is 2. The van der Waals surface area contributed by atoms with E-state index in [1.54, 1.807) is 18.2 Å². The number of ether oxygens (including phenoxy) is 1. The summed E-state index contributed by atoms with van der Waals surface area (Å²) in [6.45, 7) is 0. The summed E-state index contributed by atoms with van der Waals surface area (Å²) >= 11 is 7.25. The summed E-state index contributed by atoms with van der Waals surface area (Å²) in [5.74, 6) is -1.02. The number of carbonyl (C=O) groups excluding carboxylic acids is 2. The maximum atomic E-state index is 13.0. The van der Waals surface area contributed by atoms with Gasteiger partial charge in [-0.25, -0.2) is 4.39 Å². The zero-order valence-electron chi connectivity index (χ0n) is 15.9. The second-order valence-electron chi connectivity index (χ2n) is 6.40. The molecule has 2 N–H and O–H groups in total. The number of allylic oxidation sites excluding steroid dienone is 1. The van der Waals surface area contributed by atoms with Crippen LogP contribution in [-0.4, -0.2) is 24.7 Å². The molecule has 0 saturated carbocycles. The van der Waals surface area contributed by atoms with Crippen LogP contribution in [0.2, 0.25) is 5.02 Å². The van der Waals surface area contributed by atoms with Crippen LogP contribution in [0.15, 0.2) is 53.1 Å². The van der Waals surface area contributed by atoms with Crippen LogP contribution < -0.4 is 15.4 Å². The van der Waals surface area contributed by atoms with Crippen molar-refractivity contribution < 1.29 is 18.7 Å². The molecule has 0 aromatic heterocycles. The Kier molecular flexibility index (Phi) is 6.98. The topological polar surface area (TPSA) is 91.2 Å². The standard InChI is InChI=1S/C21H17ClFN3O3S/c1-29-18-7-2-12(8-17(18)22)15-9-19(27)26-21(16(15)10-24)30-11-20(28)25-14-5-3-13(23)4-6-14/h2-8,15H,9,11H2,1H3,(H,25,28)(H,26,27)/t15-/m1/s1. The van der Waals surface area contributed by atoms with E-state index < -0.39 is 11.7 Å². The normalized spacial score (nSPS) is 15.9. The second-order valence-corrected chi connectivity index (χ2v) is 7.79. The first kappa shape index (κ1) is 21.7. The van der Waals surface area contributed by atoms with Crippen molar-refractivity contribution in [1.82, 2.24) is 5.32 Å². The number of thioether (sulfide) groups is 1. The summed E-state index contributed by atoms with van der Waals surface area (Å²) in [5, 5.41) is 15.7. The van der Waals surface area contributed by atoms with E-state index in [-0.39, 0.29) is 24.0 Å². The SMILES string of the molecule is COc1ccc([C@H]2CC(=O)NC(SCC(=O)Nc3ccc(F)cc3)=C2C#N)cc1Cl. The zero-order chi connectivity index (χ0) is 21.7. The predicted octanol–water partition coefficient (Wildman–Crippen LogP) is 4.20. The second kappa shape index (κ2) is 9.65. The number of hydrogen-bond donors (Lipinski definition) is 2. The molecular formula is C21H17ClFN3O3S. The predicted molar refractivity (Wildman–Crippen MR) is 114 cm³/mol. The quantitative estimate of drug-likeness (QED) is 0.695. The van der Waals surface area contributed by atoms with E-state index in [4.69, 9.17) is 16.3 Å². The molecule has 1 aliphatic rings. The lowest BCUT2D eigenvalue weighted by molar-refractivity contribution is -0.121. The number of methoxy groups -OCH3 is 1. The molecule has 154 valence electrons. The van der Waals surface area contributed by atoms with Crippen LogP contribution in [-0.2, 0) is 9.59 Å². The Bertz CT molecular complexity index is 1050. The van der Waals surface area contributed by atoms with Gasteiger partial charge in [-0.3, -0.25) is 9.59 Å². The van der Waals surface area contributed by atoms with Crippen LogP contribution in [0.3, 0.4) is 0 Å². The van der Waals surface area contributed by atoms with E-state index in [0.29, 0.717) is 32.6 Å². The molecule has 0 bridgehead atoms. The number of carbonyl (C=O) groups is 2. The number of hydrogen-bond acceptors (Lipinski definition) is 5. The molecule has 9 heteroatoms. The molecule has 0 aliphatic carbocycles. The molecule has 2 aromatic rings. The van der Waals surface area contributed by atoms with Gasteiger partial charge < -0.3 is 15.4 Å². The molecule has 2 amide bonds. The third-order valence-corrected chi connectivity index (χ3v) is 5.72. The van der Waals surface area contributed by atoms with E-state index >= 15 is 0 Å². The molecule has 0 saturated heterocycles. The van der Waals surface area contributed by atoms with Crippen molar-refractivity contribution in [3.05, 3.63) is 69.5 Å². The molecule has 1 aliphatic heterocycles. The minimum atomic E-state index is -0.477. The average molecular weight is 446 g/mol. The van der Waals surface area contributed by atoms with Crippen molar-refractivity contribution in [2.75, 3.05) is 18.2 Å². The van der Waals surface area contributed by atoms with Gasteiger partial charge in [0.15, 0.2) is 0 Å². The lowest BCUT2D eigenvalue weighted by Gasteiger charge is -2.25. The number of nitriles is 1. The molecule has 30 heavy (non-hydrogen) atoms. The van der Waals surface area contributed by atoms with Gasteiger partial charge in [-0.1, -0.05) is 29.4 Å². The Hall–Kier alpha value is -3.02. The molecular weight excluding hydrogens is 429 g/mol. The molecule has 2 aromatic carbocycles. The number of nitrogens with zero attached hydrogens (tertiary/aromatic N) is 1. The third-order valence-electron chi connectivity index (χ3n) is 4.41. The maximum Gasteiger partial charge on any atom is 0.234 e. The first-order valence-corrected chi connectivity index (χ1v) is 10.2. The number of amides is 2. The van der Waals surface area contributed by atoms with Gasteiger partial charge in [-0.05, 0) is 42.0 Å².